The van der Waals surface area contributed by atoms with Gasteiger partial charge in [0.15, 0.2) is 23.3 Å². The summed E-state index contributed by atoms with van der Waals surface area (Å²) in [4.78, 5) is 5.68. The van der Waals surface area contributed by atoms with Crippen LogP contribution in [0, 0.1) is 17.6 Å². The summed E-state index contributed by atoms with van der Waals surface area (Å²) in [5.41, 5.74) is 0. The molecular weight excluding hydrogens is 212 g/mol. The Bertz CT molecular complexity index is 391. The van der Waals surface area contributed by atoms with Crippen molar-refractivity contribution in [2.24, 2.45) is 5.92 Å². The van der Waals surface area contributed by atoms with Gasteiger partial charge in [0.2, 0.25) is 0 Å². The zero-order valence-electron chi connectivity index (χ0n) is 9.43. The fraction of sp³-hybridized carbons (Fsp3) is 0.545. The molecule has 1 N–H and O–H groups in total. The van der Waals surface area contributed by atoms with Crippen LogP contribution in [0.4, 0.5) is 20.4 Å². The van der Waals surface area contributed by atoms with Crippen LogP contribution in [0.1, 0.15) is 12.8 Å². The van der Waals surface area contributed by atoms with Gasteiger partial charge in [0.1, 0.15) is 0 Å². The number of hydrogen-bond donors (Lipinski definition) is 1. The second-order valence-electron chi connectivity index (χ2n) is 4.20. The fourth-order valence-electron chi connectivity index (χ4n) is 1.67. The average Bonchev–Trinajstić information content (AvgIpc) is 3.01. The Morgan fingerprint density at radius 1 is 1.44 bits per heavy atom. The first-order valence-electron chi connectivity index (χ1n) is 5.36. The minimum absolute atomic E-state index is 0.0825. The summed E-state index contributed by atoms with van der Waals surface area (Å²) < 4.78 is 26.7. The molecule has 2 rings (SSSR count). The first-order valence-corrected chi connectivity index (χ1v) is 5.36. The summed E-state index contributed by atoms with van der Waals surface area (Å²) in [6, 6.07) is 0.873. The third-order valence-corrected chi connectivity index (χ3v) is 2.74. The lowest BCUT2D eigenvalue weighted by molar-refractivity contribution is 0.571. The van der Waals surface area contributed by atoms with Crippen molar-refractivity contribution >= 4 is 11.6 Å². The molecule has 0 radical (unpaired) electrons. The topological polar surface area (TPSA) is 28.2 Å². The van der Waals surface area contributed by atoms with Crippen molar-refractivity contribution in [2.75, 3.05) is 30.9 Å². The van der Waals surface area contributed by atoms with E-state index in [4.69, 9.17) is 0 Å². The highest BCUT2D eigenvalue weighted by Gasteiger charge is 2.25. The van der Waals surface area contributed by atoms with Crippen molar-refractivity contribution in [3.8, 4) is 0 Å². The van der Waals surface area contributed by atoms with E-state index in [1.54, 1.807) is 19.0 Å². The summed E-state index contributed by atoms with van der Waals surface area (Å²) in [5, 5.41) is 2.61. The number of aromatic nitrogens is 1. The lowest BCUT2D eigenvalue weighted by Gasteiger charge is -2.19. The van der Waals surface area contributed by atoms with Gasteiger partial charge in [-0.3, -0.25) is 0 Å². The van der Waals surface area contributed by atoms with Gasteiger partial charge in [-0.15, -0.1) is 0 Å². The largest absolute Gasteiger partial charge is 0.371 e. The third-order valence-electron chi connectivity index (χ3n) is 2.74. The maximum Gasteiger partial charge on any atom is 0.168 e. The Hall–Kier alpha value is -1.39. The van der Waals surface area contributed by atoms with E-state index in [1.165, 1.54) is 12.8 Å². The molecule has 1 aromatic heterocycles. The molecule has 16 heavy (non-hydrogen) atoms. The van der Waals surface area contributed by atoms with Crippen molar-refractivity contribution < 1.29 is 8.78 Å². The Morgan fingerprint density at radius 2 is 2.12 bits per heavy atom. The molecule has 0 atom stereocenters. The van der Waals surface area contributed by atoms with Crippen LogP contribution in [0.3, 0.4) is 0 Å². The molecule has 0 unspecified atom stereocenters. The quantitative estimate of drug-likeness (QED) is 0.855. The molecular formula is C11H15F2N3. The van der Waals surface area contributed by atoms with E-state index in [1.807, 2.05) is 0 Å². The van der Waals surface area contributed by atoms with E-state index in [0.29, 0.717) is 5.92 Å². The zero-order chi connectivity index (χ0) is 11.7. The lowest BCUT2D eigenvalue weighted by Crippen LogP contribution is -2.23. The zero-order valence-corrected chi connectivity index (χ0v) is 9.43. The van der Waals surface area contributed by atoms with E-state index in [9.17, 15) is 8.78 Å². The smallest absolute Gasteiger partial charge is 0.168 e. The number of rotatable bonds is 4. The Morgan fingerprint density at radius 3 is 2.69 bits per heavy atom. The molecule has 88 valence electrons. The summed E-state index contributed by atoms with van der Waals surface area (Å²) in [6.45, 7) is 0.776. The summed E-state index contributed by atoms with van der Waals surface area (Å²) in [6.07, 6.45) is 2.37. The van der Waals surface area contributed by atoms with E-state index in [-0.39, 0.29) is 11.6 Å². The van der Waals surface area contributed by atoms with Crippen molar-refractivity contribution in [3.63, 3.8) is 0 Å². The van der Waals surface area contributed by atoms with E-state index >= 15 is 0 Å². The second-order valence-corrected chi connectivity index (χ2v) is 4.20. The second kappa shape index (κ2) is 4.23. The highest BCUT2D eigenvalue weighted by atomic mass is 19.1. The first-order chi connectivity index (χ1) is 7.61. The minimum Gasteiger partial charge on any atom is -0.371 e. The first kappa shape index (κ1) is 11.1. The summed E-state index contributed by atoms with van der Waals surface area (Å²) in [7, 11) is 3.34. The molecule has 1 aliphatic rings. The number of pyridine rings is 1. The predicted molar refractivity (Wildman–Crippen MR) is 59.7 cm³/mol. The third kappa shape index (κ3) is 2.23. The molecule has 0 spiro atoms. The van der Waals surface area contributed by atoms with E-state index in [2.05, 4.69) is 10.3 Å². The lowest BCUT2D eigenvalue weighted by atomic mass is 10.3. The standard InChI is InChI=1S/C11H15F2N3/c1-14-10-8(12)5-9(13)11(15-10)16(2)6-7-3-4-7/h5,7H,3-4,6H2,1-2H3,(H,14,15). The monoisotopic (exact) mass is 227 g/mol. The SMILES string of the molecule is CNc1nc(N(C)CC2CC2)c(F)cc1F. The molecule has 1 saturated carbocycles. The van der Waals surface area contributed by atoms with Gasteiger partial charge in [0.05, 0.1) is 0 Å². The normalized spacial score (nSPS) is 15.0. The van der Waals surface area contributed by atoms with Crippen LogP contribution >= 0.6 is 0 Å². The van der Waals surface area contributed by atoms with Crippen LogP contribution in [0.15, 0.2) is 6.07 Å². The predicted octanol–water partition coefficient (Wildman–Crippen LogP) is 2.25. The summed E-state index contributed by atoms with van der Waals surface area (Å²) in [5.74, 6) is -0.353. The molecule has 0 bridgehead atoms. The number of anilines is 2. The van der Waals surface area contributed by atoms with Crippen LogP contribution in [0.25, 0.3) is 0 Å². The van der Waals surface area contributed by atoms with Crippen molar-refractivity contribution in [1.29, 1.82) is 0 Å². The number of halogens is 2. The Kier molecular flexibility index (Phi) is 2.94. The molecule has 3 nitrogen and oxygen atoms in total. The van der Waals surface area contributed by atoms with Crippen LogP contribution < -0.4 is 10.2 Å². The fourth-order valence-corrected chi connectivity index (χ4v) is 1.67. The van der Waals surface area contributed by atoms with Gasteiger partial charge in [0, 0.05) is 26.7 Å². The highest BCUT2D eigenvalue weighted by Crippen LogP contribution is 2.31. The maximum absolute atomic E-state index is 13.5. The van der Waals surface area contributed by atoms with E-state index < -0.39 is 11.6 Å². The molecule has 1 aromatic rings. The van der Waals surface area contributed by atoms with Crippen molar-refractivity contribution in [3.05, 3.63) is 17.7 Å². The Balaban J connectivity index is 2.23. The molecule has 0 aromatic carbocycles. The molecule has 0 aliphatic heterocycles. The van der Waals surface area contributed by atoms with Crippen molar-refractivity contribution in [1.82, 2.24) is 4.98 Å². The molecule has 1 heterocycles. The van der Waals surface area contributed by atoms with Crippen LogP contribution in [-0.2, 0) is 0 Å². The van der Waals surface area contributed by atoms with Crippen molar-refractivity contribution in [2.45, 2.75) is 12.8 Å². The van der Waals surface area contributed by atoms with Crippen LogP contribution in [0.5, 0.6) is 0 Å². The van der Waals surface area contributed by atoms with Gasteiger partial charge in [-0.05, 0) is 18.8 Å². The van der Waals surface area contributed by atoms with Gasteiger partial charge in [-0.1, -0.05) is 0 Å². The summed E-state index contributed by atoms with van der Waals surface area (Å²) >= 11 is 0. The maximum atomic E-state index is 13.5. The van der Waals surface area contributed by atoms with E-state index in [0.717, 1.165) is 12.6 Å². The van der Waals surface area contributed by atoms with Gasteiger partial charge < -0.3 is 10.2 Å². The molecule has 1 fully saturated rings. The number of nitrogens with zero attached hydrogens (tertiary/aromatic N) is 2. The number of hydrogen-bond acceptors (Lipinski definition) is 3. The highest BCUT2D eigenvalue weighted by molar-refractivity contribution is 5.48. The molecule has 1 aliphatic carbocycles. The van der Waals surface area contributed by atoms with Gasteiger partial charge >= 0.3 is 0 Å². The van der Waals surface area contributed by atoms with Gasteiger partial charge in [-0.2, -0.15) is 0 Å². The minimum atomic E-state index is -0.663. The Labute approximate surface area is 93.5 Å². The van der Waals surface area contributed by atoms with Crippen LogP contribution in [0.2, 0.25) is 0 Å². The molecule has 0 saturated heterocycles. The van der Waals surface area contributed by atoms with Gasteiger partial charge in [-0.25, -0.2) is 13.8 Å². The molecule has 0 amide bonds. The molecule has 5 heteroatoms. The average molecular weight is 227 g/mol. The number of nitrogens with one attached hydrogen (secondary N) is 1. The van der Waals surface area contributed by atoms with Gasteiger partial charge in [0.25, 0.3) is 0 Å². The van der Waals surface area contributed by atoms with Crippen LogP contribution in [-0.4, -0.2) is 25.6 Å².